The van der Waals surface area contributed by atoms with Crippen LogP contribution in [0.3, 0.4) is 0 Å². The molecule has 23 heteroatoms. The van der Waals surface area contributed by atoms with Gasteiger partial charge in [0.15, 0.2) is 0 Å². The Bertz CT molecular complexity index is 374. The molecule has 0 atom stereocenters. The maximum atomic E-state index is 6.25. The zero-order valence-electron chi connectivity index (χ0n) is 19.0. The van der Waals surface area contributed by atoms with Gasteiger partial charge in [0.05, 0.1) is 0 Å². The quantitative estimate of drug-likeness (QED) is 0.252. The summed E-state index contributed by atoms with van der Waals surface area (Å²) in [6.45, 7) is 85.5. The first-order valence-electron chi connectivity index (χ1n) is 4.02. The van der Waals surface area contributed by atoms with Crippen LogP contribution in [-0.2, 0) is 85.9 Å². The zero-order chi connectivity index (χ0) is 36.0. The second-order valence-electron chi connectivity index (χ2n) is 0. The van der Waals surface area contributed by atoms with Gasteiger partial charge in [0.2, 0.25) is 0 Å². The third-order valence-corrected chi connectivity index (χ3v) is 0. The molecule has 0 amide bonds. The predicted molar refractivity (Wildman–Crippen MR) is 89.4 cm³/mol. The fourth-order valence-corrected chi connectivity index (χ4v) is 0. The molecule has 41 heavy (non-hydrogen) atoms. The minimum absolute atomic E-state index is 0. The summed E-state index contributed by atoms with van der Waals surface area (Å²) in [5.74, 6) is 0. The Balaban J connectivity index is -0.00000000396. The van der Waals surface area contributed by atoms with Crippen LogP contribution >= 0.6 is 0 Å². The van der Waals surface area contributed by atoms with E-state index in [0.29, 0.717) is 0 Å². The third-order valence-electron chi connectivity index (χ3n) is 0. The average molecular weight is 737 g/mol. The number of rotatable bonds is 0. The minimum Gasteiger partial charge on any atom is -0.512 e. The molecule has 0 aliphatic heterocycles. The van der Waals surface area contributed by atoms with Crippen molar-refractivity contribution in [3.63, 3.8) is 0 Å². The Morgan fingerprint density at radius 2 is 0.122 bits per heavy atom. The van der Waals surface area contributed by atoms with Gasteiger partial charge in [0, 0.05) is 51.2 Å². The maximum Gasteiger partial charge on any atom is 3.00 e. The molecule has 0 fully saturated rings. The summed E-state index contributed by atoms with van der Waals surface area (Å²) in [5.41, 5.74) is 0. The minimum atomic E-state index is 0. The second kappa shape index (κ2) is 819. The molecule has 0 aromatic carbocycles. The molecule has 0 saturated heterocycles. The van der Waals surface area contributed by atoms with Gasteiger partial charge in [0.25, 0.3) is 0 Å². The molecule has 0 aliphatic rings. The van der Waals surface area contributed by atoms with Crippen LogP contribution in [0.1, 0.15) is 0 Å². The van der Waals surface area contributed by atoms with Gasteiger partial charge in [-0.3, -0.25) is 0 Å². The van der Waals surface area contributed by atoms with Crippen molar-refractivity contribution in [2.24, 2.45) is 0 Å². The van der Waals surface area contributed by atoms with Crippen LogP contribution in [0.4, 0.5) is 0 Å². The molecule has 0 saturated carbocycles. The molecule has 0 unspecified atom stereocenters. The van der Waals surface area contributed by atoms with Crippen molar-refractivity contribution in [3.05, 3.63) is 118 Å². The standard InChI is InChI=1S/18CN.2Cr.3Mn/c18*1-2;;;;;/q18*-1;2*+3;;;. The molecule has 0 rings (SSSR count). The zero-order valence-corrected chi connectivity index (χ0v) is 25.1. The van der Waals surface area contributed by atoms with E-state index in [0.717, 1.165) is 0 Å². The molecular formula is C18Cr2Mn3N18-12. The molecule has 0 aromatic rings. The molecule has 0 spiro atoms. The van der Waals surface area contributed by atoms with Crippen LogP contribution in [0, 0.1) is 213 Å². The van der Waals surface area contributed by atoms with Crippen LogP contribution in [0.15, 0.2) is 0 Å². The van der Waals surface area contributed by atoms with E-state index in [1.165, 1.54) is 0 Å². The summed E-state index contributed by atoms with van der Waals surface area (Å²) in [5, 5.41) is 112. The largest absolute Gasteiger partial charge is 3.00 e. The molecule has 5 radical (unpaired) electrons. The van der Waals surface area contributed by atoms with E-state index >= 15 is 0 Å². The predicted octanol–water partition coefficient (Wildman–Crippen LogP) is 1.72. The van der Waals surface area contributed by atoms with Gasteiger partial charge in [-0.2, -0.15) is 0 Å². The van der Waals surface area contributed by atoms with E-state index in [9.17, 15) is 0 Å². The van der Waals surface area contributed by atoms with E-state index in [-0.39, 0.29) is 85.9 Å². The number of hydrogen-bond donors (Lipinski definition) is 0. The molecule has 207 valence electrons. The van der Waals surface area contributed by atoms with Gasteiger partial charge < -0.3 is 213 Å². The Labute approximate surface area is 297 Å². The summed E-state index contributed by atoms with van der Waals surface area (Å²) >= 11 is 0. The fourth-order valence-electron chi connectivity index (χ4n) is 0. The smallest absolute Gasteiger partial charge is 0.512 e. The Hall–Kier alpha value is -6.56. The van der Waals surface area contributed by atoms with Crippen molar-refractivity contribution in [2.75, 3.05) is 0 Å². The fraction of sp³-hybridized carbons (Fsp3) is 0. The topological polar surface area (TPSA) is 428 Å². The molecule has 0 N–H and O–H groups in total. The SMILES string of the molecule is [C-]#N.[C-]#N.[C-]#N.[C-]#N.[C-]#N.[C-]#N.[C-]#N.[C-]#N.[C-]#N.[C-]#N.[C-]#N.[C-]#N.[C-]#N.[C-]#N.[C-]#N.[C-]#N.[C-]#N.[C-]#N.[Cr+3].[Cr+3].[Mn].[Mn].[Mn]. The maximum absolute atomic E-state index is 6.25. The van der Waals surface area contributed by atoms with Crippen molar-refractivity contribution in [2.45, 2.75) is 0 Å². The Kier molecular flexibility index (Phi) is 5880. The summed E-state index contributed by atoms with van der Waals surface area (Å²) in [6, 6.07) is 0. The van der Waals surface area contributed by atoms with Crippen LogP contribution in [0.2, 0.25) is 0 Å². The van der Waals surface area contributed by atoms with Crippen LogP contribution in [0.5, 0.6) is 0 Å². The summed E-state index contributed by atoms with van der Waals surface area (Å²) in [6.07, 6.45) is 0. The molecule has 0 aromatic heterocycles. The van der Waals surface area contributed by atoms with Crippen LogP contribution in [0.25, 0.3) is 0 Å². The van der Waals surface area contributed by atoms with E-state index in [1.807, 2.05) is 0 Å². The number of nitrogens with zero attached hydrogens (tertiary/aromatic N) is 18. The van der Waals surface area contributed by atoms with Crippen LogP contribution < -0.4 is 0 Å². The van der Waals surface area contributed by atoms with Gasteiger partial charge >= 0.3 is 34.7 Å². The molecule has 18 nitrogen and oxygen atoms in total. The normalized spacial score (nSPS) is 0.878. The third kappa shape index (κ3) is 769. The molecular weight excluding hydrogens is 737 g/mol. The first kappa shape index (κ1) is 294. The second-order valence-corrected chi connectivity index (χ2v) is 0. The van der Waals surface area contributed by atoms with Gasteiger partial charge in [-0.25, -0.2) is 0 Å². The monoisotopic (exact) mass is 737 g/mol. The molecule has 0 aliphatic carbocycles. The first-order valence-corrected chi connectivity index (χ1v) is 4.02. The molecule has 0 bridgehead atoms. The van der Waals surface area contributed by atoms with Crippen molar-refractivity contribution in [1.29, 1.82) is 94.7 Å². The van der Waals surface area contributed by atoms with Gasteiger partial charge in [-0.05, 0) is 0 Å². The summed E-state index contributed by atoms with van der Waals surface area (Å²) in [7, 11) is 0. The Morgan fingerprint density at radius 3 is 0.122 bits per heavy atom. The van der Waals surface area contributed by atoms with E-state index in [2.05, 4.69) is 0 Å². The van der Waals surface area contributed by atoms with Gasteiger partial charge in [-0.1, -0.05) is 0 Å². The van der Waals surface area contributed by atoms with Crippen molar-refractivity contribution >= 4 is 0 Å². The van der Waals surface area contributed by atoms with Crippen molar-refractivity contribution in [3.8, 4) is 0 Å². The first-order chi connectivity index (χ1) is 18.0. The summed E-state index contributed by atoms with van der Waals surface area (Å²) < 4.78 is 0. The van der Waals surface area contributed by atoms with Crippen LogP contribution in [-0.4, -0.2) is 0 Å². The van der Waals surface area contributed by atoms with E-state index in [1.54, 1.807) is 0 Å². The van der Waals surface area contributed by atoms with Crippen molar-refractivity contribution in [1.82, 2.24) is 0 Å². The van der Waals surface area contributed by atoms with E-state index < -0.39 is 0 Å². The van der Waals surface area contributed by atoms with Crippen molar-refractivity contribution < 1.29 is 85.9 Å². The Morgan fingerprint density at radius 1 is 0.122 bits per heavy atom. The van der Waals surface area contributed by atoms with E-state index in [4.69, 9.17) is 213 Å². The average Bonchev–Trinajstić information content (AvgIpc) is 3.13. The molecule has 0 heterocycles. The summed E-state index contributed by atoms with van der Waals surface area (Å²) in [4.78, 5) is 0. The van der Waals surface area contributed by atoms with Gasteiger partial charge in [0.1, 0.15) is 0 Å². The number of hydrogen-bond acceptors (Lipinski definition) is 18. The van der Waals surface area contributed by atoms with Gasteiger partial charge in [-0.15, -0.1) is 0 Å².